The number of rotatable bonds is 1. The Morgan fingerprint density at radius 2 is 1.56 bits per heavy atom. The number of aryl methyl sites for hydroxylation is 3. The van der Waals surface area contributed by atoms with Crippen molar-refractivity contribution in [2.45, 2.75) is 27.7 Å². The van der Waals surface area contributed by atoms with E-state index in [4.69, 9.17) is 0 Å². The van der Waals surface area contributed by atoms with Crippen LogP contribution in [0.15, 0.2) is 28.7 Å². The molecule has 0 saturated heterocycles. The quantitative estimate of drug-likeness (QED) is 0.725. The summed E-state index contributed by atoms with van der Waals surface area (Å²) in [5.41, 5.74) is 6.46. The predicted molar refractivity (Wildman–Crippen MR) is 72.4 cm³/mol. The van der Waals surface area contributed by atoms with E-state index in [2.05, 4.69) is 72.5 Å². The first-order valence-electron chi connectivity index (χ1n) is 5.43. The third-order valence-corrected chi connectivity index (χ3v) is 3.84. The second-order valence-corrected chi connectivity index (χ2v) is 5.15. The molecule has 0 aliphatic rings. The highest BCUT2D eigenvalue weighted by molar-refractivity contribution is 9.10. The summed E-state index contributed by atoms with van der Waals surface area (Å²) in [6.07, 6.45) is 0. The number of para-hydroxylation sites is 1. The monoisotopic (exact) mass is 277 g/mol. The van der Waals surface area contributed by atoms with Gasteiger partial charge in [0.1, 0.15) is 0 Å². The lowest BCUT2D eigenvalue weighted by molar-refractivity contribution is 0.941. The SMILES string of the molecule is Cc1cccc(C)c1-n1c(C)cc(Br)c1C. The largest absolute Gasteiger partial charge is 0.317 e. The lowest BCUT2D eigenvalue weighted by Crippen LogP contribution is -2.03. The zero-order valence-electron chi connectivity index (χ0n) is 10.1. The van der Waals surface area contributed by atoms with Crippen molar-refractivity contribution < 1.29 is 0 Å². The van der Waals surface area contributed by atoms with Crippen molar-refractivity contribution in [3.05, 3.63) is 51.3 Å². The average molecular weight is 278 g/mol. The summed E-state index contributed by atoms with van der Waals surface area (Å²) < 4.78 is 3.49. The third kappa shape index (κ3) is 1.71. The van der Waals surface area contributed by atoms with Crippen LogP contribution in [0.1, 0.15) is 22.5 Å². The fraction of sp³-hybridized carbons (Fsp3) is 0.286. The molecule has 0 saturated carbocycles. The van der Waals surface area contributed by atoms with E-state index in [1.54, 1.807) is 0 Å². The number of hydrogen-bond acceptors (Lipinski definition) is 0. The van der Waals surface area contributed by atoms with Crippen molar-refractivity contribution in [2.75, 3.05) is 0 Å². The molecule has 0 amide bonds. The Hall–Kier alpha value is -1.02. The normalized spacial score (nSPS) is 10.8. The van der Waals surface area contributed by atoms with Gasteiger partial charge in [-0.05, 0) is 60.8 Å². The number of nitrogens with zero attached hydrogens (tertiary/aromatic N) is 1. The first kappa shape index (κ1) is 11.5. The summed E-state index contributed by atoms with van der Waals surface area (Å²) in [5.74, 6) is 0. The van der Waals surface area contributed by atoms with Gasteiger partial charge in [-0.15, -0.1) is 0 Å². The molecule has 84 valence electrons. The van der Waals surface area contributed by atoms with Gasteiger partial charge >= 0.3 is 0 Å². The molecular weight excluding hydrogens is 262 g/mol. The third-order valence-electron chi connectivity index (χ3n) is 3.03. The second-order valence-electron chi connectivity index (χ2n) is 4.29. The molecule has 0 atom stereocenters. The van der Waals surface area contributed by atoms with Crippen LogP contribution < -0.4 is 0 Å². The smallest absolute Gasteiger partial charge is 0.0513 e. The van der Waals surface area contributed by atoms with E-state index in [0.717, 1.165) is 0 Å². The molecule has 0 aliphatic heterocycles. The maximum absolute atomic E-state index is 3.59. The molecule has 1 aromatic carbocycles. The Balaban J connectivity index is 2.77. The van der Waals surface area contributed by atoms with Crippen LogP contribution in [0.5, 0.6) is 0 Å². The Kier molecular flexibility index (Phi) is 2.94. The molecule has 1 heterocycles. The van der Waals surface area contributed by atoms with Crippen molar-refractivity contribution in [2.24, 2.45) is 0 Å². The van der Waals surface area contributed by atoms with Crippen LogP contribution in [0.2, 0.25) is 0 Å². The fourth-order valence-corrected chi connectivity index (χ4v) is 2.73. The molecule has 16 heavy (non-hydrogen) atoms. The number of hydrogen-bond donors (Lipinski definition) is 0. The molecule has 0 radical (unpaired) electrons. The number of benzene rings is 1. The van der Waals surface area contributed by atoms with Crippen molar-refractivity contribution in [1.82, 2.24) is 4.57 Å². The minimum absolute atomic E-state index is 1.17. The van der Waals surface area contributed by atoms with Gasteiger partial charge in [0, 0.05) is 15.9 Å². The van der Waals surface area contributed by atoms with Crippen LogP contribution in [0.3, 0.4) is 0 Å². The van der Waals surface area contributed by atoms with Crippen molar-refractivity contribution in [3.8, 4) is 5.69 Å². The van der Waals surface area contributed by atoms with Gasteiger partial charge in [-0.2, -0.15) is 0 Å². The molecule has 1 aromatic heterocycles. The van der Waals surface area contributed by atoms with E-state index in [-0.39, 0.29) is 0 Å². The first-order chi connectivity index (χ1) is 7.52. The zero-order chi connectivity index (χ0) is 11.9. The van der Waals surface area contributed by atoms with Gasteiger partial charge in [0.15, 0.2) is 0 Å². The summed E-state index contributed by atoms with van der Waals surface area (Å²) in [5, 5.41) is 0. The van der Waals surface area contributed by atoms with Crippen molar-refractivity contribution in [3.63, 3.8) is 0 Å². The van der Waals surface area contributed by atoms with E-state index < -0.39 is 0 Å². The summed E-state index contributed by atoms with van der Waals surface area (Å²) in [6, 6.07) is 8.60. The van der Waals surface area contributed by atoms with E-state index in [9.17, 15) is 0 Å². The molecule has 2 heteroatoms. The number of aromatic nitrogens is 1. The van der Waals surface area contributed by atoms with Gasteiger partial charge in [0.2, 0.25) is 0 Å². The highest BCUT2D eigenvalue weighted by Crippen LogP contribution is 2.28. The summed E-state index contributed by atoms with van der Waals surface area (Å²) in [4.78, 5) is 0. The Morgan fingerprint density at radius 1 is 1.00 bits per heavy atom. The van der Waals surface area contributed by atoms with Gasteiger partial charge in [0.05, 0.1) is 5.69 Å². The molecule has 2 rings (SSSR count). The molecule has 0 bridgehead atoms. The molecule has 0 aliphatic carbocycles. The van der Waals surface area contributed by atoms with Crippen LogP contribution in [0.4, 0.5) is 0 Å². The van der Waals surface area contributed by atoms with Gasteiger partial charge < -0.3 is 4.57 Å². The summed E-state index contributed by atoms with van der Waals surface area (Å²) >= 11 is 3.59. The second kappa shape index (κ2) is 4.10. The van der Waals surface area contributed by atoms with E-state index in [1.807, 2.05) is 0 Å². The maximum atomic E-state index is 3.59. The lowest BCUT2D eigenvalue weighted by Gasteiger charge is -2.15. The van der Waals surface area contributed by atoms with Crippen molar-refractivity contribution in [1.29, 1.82) is 0 Å². The predicted octanol–water partition coefficient (Wildman–Crippen LogP) is 4.47. The van der Waals surface area contributed by atoms with E-state index in [1.165, 1.54) is 32.7 Å². The Bertz CT molecular complexity index is 518. The fourth-order valence-electron chi connectivity index (χ4n) is 2.23. The maximum Gasteiger partial charge on any atom is 0.0513 e. The summed E-state index contributed by atoms with van der Waals surface area (Å²) in [6.45, 7) is 8.61. The molecule has 2 aromatic rings. The topological polar surface area (TPSA) is 4.93 Å². The van der Waals surface area contributed by atoms with Gasteiger partial charge in [-0.1, -0.05) is 18.2 Å². The number of halogens is 1. The van der Waals surface area contributed by atoms with Crippen LogP contribution in [0, 0.1) is 27.7 Å². The minimum atomic E-state index is 1.17. The van der Waals surface area contributed by atoms with Crippen LogP contribution in [0.25, 0.3) is 5.69 Å². The van der Waals surface area contributed by atoms with Crippen LogP contribution in [-0.4, -0.2) is 4.57 Å². The lowest BCUT2D eigenvalue weighted by atomic mass is 10.1. The average Bonchev–Trinajstić information content (AvgIpc) is 2.44. The van der Waals surface area contributed by atoms with Crippen LogP contribution in [-0.2, 0) is 0 Å². The highest BCUT2D eigenvalue weighted by atomic mass is 79.9. The standard InChI is InChI=1S/C14H16BrN/c1-9-6-5-7-10(2)14(9)16-11(3)8-13(15)12(16)4/h5-8H,1-4H3. The van der Waals surface area contributed by atoms with E-state index in [0.29, 0.717) is 0 Å². The Morgan fingerprint density at radius 3 is 2.00 bits per heavy atom. The molecule has 0 unspecified atom stereocenters. The summed E-state index contributed by atoms with van der Waals surface area (Å²) in [7, 11) is 0. The zero-order valence-corrected chi connectivity index (χ0v) is 11.7. The molecule has 1 nitrogen and oxygen atoms in total. The minimum Gasteiger partial charge on any atom is -0.317 e. The molecule has 0 fully saturated rings. The molecule has 0 N–H and O–H groups in total. The van der Waals surface area contributed by atoms with Gasteiger partial charge in [-0.3, -0.25) is 0 Å². The molecular formula is C14H16BrN. The first-order valence-corrected chi connectivity index (χ1v) is 6.22. The van der Waals surface area contributed by atoms with E-state index >= 15 is 0 Å². The van der Waals surface area contributed by atoms with Crippen LogP contribution >= 0.6 is 15.9 Å². The van der Waals surface area contributed by atoms with Gasteiger partial charge in [0.25, 0.3) is 0 Å². The highest BCUT2D eigenvalue weighted by Gasteiger charge is 2.12. The van der Waals surface area contributed by atoms with Gasteiger partial charge in [-0.25, -0.2) is 0 Å². The van der Waals surface area contributed by atoms with Crippen molar-refractivity contribution >= 4 is 15.9 Å². The Labute approximate surface area is 105 Å². The molecule has 0 spiro atoms.